The average Bonchev–Trinajstić information content (AvgIpc) is 3.52. The van der Waals surface area contributed by atoms with Gasteiger partial charge in [0.25, 0.3) is 5.91 Å². The number of hydrogen-bond donors (Lipinski definition) is 1. The molecule has 5 rings (SSSR count). The fourth-order valence-corrected chi connectivity index (χ4v) is 6.28. The first kappa shape index (κ1) is 23.6. The van der Waals surface area contributed by atoms with E-state index in [1.54, 1.807) is 23.5 Å². The van der Waals surface area contributed by atoms with Crippen LogP contribution in [0.5, 0.6) is 0 Å². The highest BCUT2D eigenvalue weighted by atomic mass is 32.1. The molecule has 0 bridgehead atoms. The van der Waals surface area contributed by atoms with Crippen molar-refractivity contribution < 1.29 is 9.21 Å². The quantitative estimate of drug-likeness (QED) is 0.300. The van der Waals surface area contributed by atoms with E-state index in [2.05, 4.69) is 84.7 Å². The third-order valence-corrected chi connectivity index (χ3v) is 8.31. The molecule has 0 radical (unpaired) electrons. The normalized spacial score (nSPS) is 15.7. The molecule has 4 nitrogen and oxygen atoms in total. The molecule has 4 aromatic rings. The molecule has 1 fully saturated rings. The van der Waals surface area contributed by atoms with Gasteiger partial charge in [0.15, 0.2) is 5.76 Å². The fraction of sp³-hybridized carbons (Fsp3) is 0.300. The number of nitrogens with one attached hydrogen (secondary N) is 1. The van der Waals surface area contributed by atoms with Crippen molar-refractivity contribution in [3.63, 3.8) is 0 Å². The second kappa shape index (κ2) is 10.6. The van der Waals surface area contributed by atoms with Crippen molar-refractivity contribution >= 4 is 22.2 Å². The van der Waals surface area contributed by atoms with E-state index in [0.717, 1.165) is 24.5 Å². The van der Waals surface area contributed by atoms with Crippen molar-refractivity contribution in [2.45, 2.75) is 39.2 Å². The standard InChI is InChI=1S/C30H32N2O2S/c1-21-22(2)35-30(31-29(33)26-14-9-19-34-26)27(21)28(25-12-7-4-8-13-25)32-17-15-24(16-18-32)20-23-10-5-3-6-11-23/h3-14,19,24,28H,15-18,20H2,1-2H3,(H,31,33)/t28-/m1/s1. The molecule has 5 heteroatoms. The molecule has 3 heterocycles. The second-order valence-corrected chi connectivity index (χ2v) is 10.7. The summed E-state index contributed by atoms with van der Waals surface area (Å²) < 4.78 is 5.35. The van der Waals surface area contributed by atoms with Gasteiger partial charge in [-0.3, -0.25) is 9.69 Å². The largest absolute Gasteiger partial charge is 0.459 e. The van der Waals surface area contributed by atoms with Crippen molar-refractivity contribution in [1.82, 2.24) is 4.90 Å². The van der Waals surface area contributed by atoms with Crippen LogP contribution >= 0.6 is 11.3 Å². The fourth-order valence-electron chi connectivity index (χ4n) is 5.20. The van der Waals surface area contributed by atoms with Gasteiger partial charge in [0.2, 0.25) is 0 Å². The van der Waals surface area contributed by atoms with Crippen molar-refractivity contribution in [3.05, 3.63) is 112 Å². The molecule has 0 aliphatic carbocycles. The third-order valence-electron chi connectivity index (χ3n) is 7.17. The molecule has 1 aliphatic rings. The Morgan fingerprint density at radius 1 is 1.00 bits per heavy atom. The number of thiophene rings is 1. The summed E-state index contributed by atoms with van der Waals surface area (Å²) >= 11 is 1.66. The molecular formula is C30H32N2O2S. The number of carbonyl (C=O) groups excluding carboxylic acids is 1. The van der Waals surface area contributed by atoms with Crippen LogP contribution < -0.4 is 5.32 Å². The average molecular weight is 485 g/mol. The summed E-state index contributed by atoms with van der Waals surface area (Å²) in [4.78, 5) is 16.7. The van der Waals surface area contributed by atoms with Crippen LogP contribution in [0.15, 0.2) is 83.5 Å². The Hall–Kier alpha value is -3.15. The Morgan fingerprint density at radius 2 is 1.69 bits per heavy atom. The highest BCUT2D eigenvalue weighted by Gasteiger charge is 2.32. The summed E-state index contributed by atoms with van der Waals surface area (Å²) in [5.41, 5.74) is 5.16. The molecule has 0 saturated carbocycles. The van der Waals surface area contributed by atoms with Crippen LogP contribution in [0.1, 0.15) is 56.6 Å². The Bertz CT molecular complexity index is 1240. The third kappa shape index (κ3) is 5.26. The van der Waals surface area contributed by atoms with E-state index in [1.807, 2.05) is 0 Å². The predicted octanol–water partition coefficient (Wildman–Crippen LogP) is 7.25. The molecule has 1 aliphatic heterocycles. The smallest absolute Gasteiger partial charge is 0.291 e. The molecule has 180 valence electrons. The van der Waals surface area contributed by atoms with Crippen LogP contribution in [-0.2, 0) is 6.42 Å². The summed E-state index contributed by atoms with van der Waals surface area (Å²) in [5.74, 6) is 0.831. The van der Waals surface area contributed by atoms with Crippen molar-refractivity contribution in [1.29, 1.82) is 0 Å². The number of benzene rings is 2. The van der Waals surface area contributed by atoms with Gasteiger partial charge in [-0.25, -0.2) is 0 Å². The van der Waals surface area contributed by atoms with Crippen molar-refractivity contribution in [2.24, 2.45) is 5.92 Å². The lowest BCUT2D eigenvalue weighted by molar-refractivity contribution is 0.0996. The van der Waals surface area contributed by atoms with E-state index in [0.29, 0.717) is 11.7 Å². The topological polar surface area (TPSA) is 45.5 Å². The second-order valence-electron chi connectivity index (χ2n) is 9.44. The van der Waals surface area contributed by atoms with Gasteiger partial charge in [0.05, 0.1) is 12.3 Å². The number of aryl methyl sites for hydroxylation is 1. The van der Waals surface area contributed by atoms with Crippen molar-refractivity contribution in [3.8, 4) is 0 Å². The molecular weight excluding hydrogens is 452 g/mol. The molecule has 2 aromatic heterocycles. The zero-order valence-corrected chi connectivity index (χ0v) is 21.2. The lowest BCUT2D eigenvalue weighted by Gasteiger charge is -2.38. The van der Waals surface area contributed by atoms with Gasteiger partial charge >= 0.3 is 0 Å². The van der Waals surface area contributed by atoms with E-state index < -0.39 is 0 Å². The number of hydrogen-bond acceptors (Lipinski definition) is 4. The van der Waals surface area contributed by atoms with Gasteiger partial charge in [-0.1, -0.05) is 60.7 Å². The molecule has 2 aromatic carbocycles. The Balaban J connectivity index is 1.42. The van der Waals surface area contributed by atoms with Gasteiger partial charge in [0, 0.05) is 10.4 Å². The number of furan rings is 1. The number of piperidine rings is 1. The molecule has 1 atom stereocenters. The Kier molecular flexibility index (Phi) is 7.16. The monoisotopic (exact) mass is 484 g/mol. The molecule has 1 N–H and O–H groups in total. The number of rotatable bonds is 7. The number of carbonyl (C=O) groups is 1. The van der Waals surface area contributed by atoms with Crippen LogP contribution in [0.3, 0.4) is 0 Å². The van der Waals surface area contributed by atoms with Crippen LogP contribution in [0.25, 0.3) is 0 Å². The first-order valence-corrected chi connectivity index (χ1v) is 13.2. The lowest BCUT2D eigenvalue weighted by atomic mass is 9.87. The van der Waals surface area contributed by atoms with Crippen molar-refractivity contribution in [2.75, 3.05) is 18.4 Å². The molecule has 1 saturated heterocycles. The van der Waals surface area contributed by atoms with E-state index >= 15 is 0 Å². The van der Waals surface area contributed by atoms with E-state index in [4.69, 9.17) is 4.42 Å². The first-order chi connectivity index (χ1) is 17.1. The van der Waals surface area contributed by atoms with E-state index in [9.17, 15) is 4.79 Å². The maximum absolute atomic E-state index is 12.9. The first-order valence-electron chi connectivity index (χ1n) is 12.4. The summed E-state index contributed by atoms with van der Waals surface area (Å²) in [6.07, 6.45) is 5.03. The summed E-state index contributed by atoms with van der Waals surface area (Å²) in [5, 5.41) is 4.08. The summed E-state index contributed by atoms with van der Waals surface area (Å²) in [6, 6.07) is 25.1. The highest BCUT2D eigenvalue weighted by molar-refractivity contribution is 7.16. The number of amides is 1. The minimum Gasteiger partial charge on any atom is -0.459 e. The lowest BCUT2D eigenvalue weighted by Crippen LogP contribution is -2.38. The Labute approximate surface area is 211 Å². The molecule has 35 heavy (non-hydrogen) atoms. The number of nitrogens with zero attached hydrogens (tertiary/aromatic N) is 1. The van der Waals surface area contributed by atoms with Crippen LogP contribution in [-0.4, -0.2) is 23.9 Å². The number of likely N-dealkylation sites (tertiary alicyclic amines) is 1. The minimum atomic E-state index is -0.203. The molecule has 0 spiro atoms. The molecule has 1 amide bonds. The van der Waals surface area contributed by atoms with Crippen LogP contribution in [0, 0.1) is 19.8 Å². The minimum absolute atomic E-state index is 0.103. The predicted molar refractivity (Wildman–Crippen MR) is 143 cm³/mol. The van der Waals surface area contributed by atoms with Gasteiger partial charge in [-0.2, -0.15) is 0 Å². The van der Waals surface area contributed by atoms with Crippen LogP contribution in [0.4, 0.5) is 5.00 Å². The van der Waals surface area contributed by atoms with Gasteiger partial charge in [-0.05, 0) is 80.9 Å². The Morgan fingerprint density at radius 3 is 2.34 bits per heavy atom. The maximum Gasteiger partial charge on any atom is 0.291 e. The zero-order chi connectivity index (χ0) is 24.2. The summed E-state index contributed by atoms with van der Waals surface area (Å²) in [7, 11) is 0. The zero-order valence-electron chi connectivity index (χ0n) is 20.4. The van der Waals surface area contributed by atoms with Gasteiger partial charge in [-0.15, -0.1) is 11.3 Å². The highest BCUT2D eigenvalue weighted by Crippen LogP contribution is 2.43. The maximum atomic E-state index is 12.9. The SMILES string of the molecule is Cc1sc(NC(=O)c2ccco2)c([C@@H](c2ccccc2)N2CCC(Cc3ccccc3)CC2)c1C. The molecule has 0 unspecified atom stereocenters. The van der Waals surface area contributed by atoms with Gasteiger partial charge in [0.1, 0.15) is 5.00 Å². The van der Waals surface area contributed by atoms with E-state index in [-0.39, 0.29) is 11.9 Å². The summed E-state index contributed by atoms with van der Waals surface area (Å²) in [6.45, 7) is 6.40. The number of anilines is 1. The van der Waals surface area contributed by atoms with E-state index in [1.165, 1.54) is 46.2 Å². The van der Waals surface area contributed by atoms with Gasteiger partial charge < -0.3 is 9.73 Å². The van der Waals surface area contributed by atoms with Crippen LogP contribution in [0.2, 0.25) is 0 Å².